The number of carboxylic acid groups (broad SMARTS) is 1. The predicted molar refractivity (Wildman–Crippen MR) is 78.9 cm³/mol. The normalized spacial score (nSPS) is 10.3. The number of hydrogen-bond donors (Lipinski definition) is 2. The number of benzene rings is 1. The van der Waals surface area contributed by atoms with Gasteiger partial charge in [0.1, 0.15) is 0 Å². The molecule has 0 aliphatic rings. The molecule has 0 atom stereocenters. The molecule has 0 saturated heterocycles. The molecule has 0 bridgehead atoms. The van der Waals surface area contributed by atoms with Crippen molar-refractivity contribution in [2.45, 2.75) is 13.5 Å². The Labute approximate surface area is 117 Å². The molecule has 20 heavy (non-hydrogen) atoms. The second-order valence-electron chi connectivity index (χ2n) is 4.74. The van der Waals surface area contributed by atoms with Gasteiger partial charge in [-0.05, 0) is 18.6 Å². The Morgan fingerprint density at radius 2 is 1.95 bits per heavy atom. The Bertz CT molecular complexity index is 624. The number of anilines is 2. The fourth-order valence-corrected chi connectivity index (χ4v) is 2.00. The van der Waals surface area contributed by atoms with Crippen molar-refractivity contribution in [2.75, 3.05) is 17.7 Å². The molecule has 0 radical (unpaired) electrons. The fraction of sp³-hybridized carbons (Fsp3) is 0.200. The van der Waals surface area contributed by atoms with Crippen LogP contribution in [0.1, 0.15) is 21.5 Å². The zero-order valence-electron chi connectivity index (χ0n) is 11.5. The average molecular weight is 271 g/mol. The van der Waals surface area contributed by atoms with Crippen LogP contribution in [0.2, 0.25) is 0 Å². The summed E-state index contributed by atoms with van der Waals surface area (Å²) in [5.74, 6) is -0.569. The Morgan fingerprint density at radius 1 is 1.30 bits per heavy atom. The van der Waals surface area contributed by atoms with Crippen molar-refractivity contribution < 1.29 is 9.90 Å². The van der Waals surface area contributed by atoms with Crippen LogP contribution in [0.15, 0.2) is 36.5 Å². The van der Waals surface area contributed by atoms with E-state index < -0.39 is 5.97 Å². The number of aromatic nitrogens is 1. The Hall–Kier alpha value is -2.56. The molecule has 1 aromatic heterocycles. The number of carboxylic acids is 1. The van der Waals surface area contributed by atoms with E-state index in [1.807, 2.05) is 43.1 Å². The van der Waals surface area contributed by atoms with Crippen molar-refractivity contribution in [2.24, 2.45) is 0 Å². The van der Waals surface area contributed by atoms with Crippen LogP contribution < -0.4 is 10.6 Å². The van der Waals surface area contributed by atoms with E-state index in [1.165, 1.54) is 17.8 Å². The molecule has 0 spiro atoms. The second-order valence-corrected chi connectivity index (χ2v) is 4.74. The van der Waals surface area contributed by atoms with Crippen molar-refractivity contribution in [1.82, 2.24) is 4.98 Å². The highest BCUT2D eigenvalue weighted by Gasteiger charge is 2.15. The van der Waals surface area contributed by atoms with E-state index in [9.17, 15) is 4.79 Å². The summed E-state index contributed by atoms with van der Waals surface area (Å²) in [6.45, 7) is 2.64. The van der Waals surface area contributed by atoms with Crippen LogP contribution >= 0.6 is 0 Å². The molecule has 0 aliphatic carbocycles. The van der Waals surface area contributed by atoms with Gasteiger partial charge >= 0.3 is 5.97 Å². The SMILES string of the molecule is Cc1ccc(CN(C)c2nccc(C(=O)O)c2N)cc1. The van der Waals surface area contributed by atoms with Crippen molar-refractivity contribution in [3.05, 3.63) is 53.2 Å². The second kappa shape index (κ2) is 5.61. The lowest BCUT2D eigenvalue weighted by atomic mass is 10.1. The van der Waals surface area contributed by atoms with Crippen LogP contribution in [0.25, 0.3) is 0 Å². The molecule has 1 heterocycles. The molecule has 0 aliphatic heterocycles. The van der Waals surface area contributed by atoms with Gasteiger partial charge in [0.25, 0.3) is 0 Å². The third-order valence-electron chi connectivity index (χ3n) is 3.10. The number of nitrogens with zero attached hydrogens (tertiary/aromatic N) is 2. The number of pyridine rings is 1. The number of aryl methyl sites for hydroxylation is 1. The maximum absolute atomic E-state index is 11.1. The maximum Gasteiger partial charge on any atom is 0.337 e. The van der Waals surface area contributed by atoms with Gasteiger partial charge in [-0.25, -0.2) is 9.78 Å². The molecular formula is C15H17N3O2. The first-order valence-electron chi connectivity index (χ1n) is 6.23. The van der Waals surface area contributed by atoms with E-state index in [2.05, 4.69) is 4.98 Å². The molecule has 0 amide bonds. The third kappa shape index (κ3) is 2.88. The quantitative estimate of drug-likeness (QED) is 0.892. The molecule has 5 nitrogen and oxygen atoms in total. The van der Waals surface area contributed by atoms with Crippen LogP contribution in [0.3, 0.4) is 0 Å². The van der Waals surface area contributed by atoms with Gasteiger partial charge in [-0.3, -0.25) is 0 Å². The Kier molecular flexibility index (Phi) is 3.89. The first kappa shape index (κ1) is 13.9. The molecule has 3 N–H and O–H groups in total. The smallest absolute Gasteiger partial charge is 0.337 e. The molecule has 104 valence electrons. The first-order valence-corrected chi connectivity index (χ1v) is 6.23. The lowest BCUT2D eigenvalue weighted by Crippen LogP contribution is -2.20. The van der Waals surface area contributed by atoms with Crippen molar-refractivity contribution in [3.8, 4) is 0 Å². The first-order chi connectivity index (χ1) is 9.49. The summed E-state index contributed by atoms with van der Waals surface area (Å²) in [6.07, 6.45) is 1.46. The summed E-state index contributed by atoms with van der Waals surface area (Å²) in [5, 5.41) is 9.07. The largest absolute Gasteiger partial charge is 0.478 e. The predicted octanol–water partition coefficient (Wildman–Crippen LogP) is 2.31. The van der Waals surface area contributed by atoms with Crippen molar-refractivity contribution in [1.29, 1.82) is 0 Å². The highest BCUT2D eigenvalue weighted by molar-refractivity contribution is 5.96. The lowest BCUT2D eigenvalue weighted by molar-refractivity contribution is 0.0698. The highest BCUT2D eigenvalue weighted by Crippen LogP contribution is 2.24. The summed E-state index contributed by atoms with van der Waals surface area (Å²) >= 11 is 0. The molecule has 5 heteroatoms. The van der Waals surface area contributed by atoms with E-state index in [-0.39, 0.29) is 11.3 Å². The average Bonchev–Trinajstić information content (AvgIpc) is 2.41. The molecule has 0 fully saturated rings. The third-order valence-corrected chi connectivity index (χ3v) is 3.10. The maximum atomic E-state index is 11.1. The van der Waals surface area contributed by atoms with Gasteiger partial charge in [-0.15, -0.1) is 0 Å². The van der Waals surface area contributed by atoms with Crippen LogP contribution in [0.4, 0.5) is 11.5 Å². The minimum Gasteiger partial charge on any atom is -0.478 e. The molecule has 2 aromatic rings. The standard InChI is InChI=1S/C15H17N3O2/c1-10-3-5-11(6-4-10)9-18(2)14-13(16)12(15(19)20)7-8-17-14/h3-8H,9,16H2,1-2H3,(H,19,20). The van der Waals surface area contributed by atoms with Gasteiger partial charge in [-0.1, -0.05) is 29.8 Å². The monoisotopic (exact) mass is 271 g/mol. The minimum absolute atomic E-state index is 0.0748. The van der Waals surface area contributed by atoms with E-state index >= 15 is 0 Å². The van der Waals surface area contributed by atoms with Crippen LogP contribution in [0.5, 0.6) is 0 Å². The van der Waals surface area contributed by atoms with Crippen molar-refractivity contribution in [3.63, 3.8) is 0 Å². The molecule has 2 rings (SSSR count). The van der Waals surface area contributed by atoms with Gasteiger partial charge in [0.15, 0.2) is 5.82 Å². The van der Waals surface area contributed by atoms with Gasteiger partial charge < -0.3 is 15.7 Å². The zero-order chi connectivity index (χ0) is 14.7. The fourth-order valence-electron chi connectivity index (χ4n) is 2.00. The molecule has 1 aromatic carbocycles. The minimum atomic E-state index is -1.05. The van der Waals surface area contributed by atoms with E-state index in [0.717, 1.165) is 5.56 Å². The van der Waals surface area contributed by atoms with Gasteiger partial charge in [0.05, 0.1) is 11.3 Å². The molecule has 0 unspecified atom stereocenters. The highest BCUT2D eigenvalue weighted by atomic mass is 16.4. The van der Waals surface area contributed by atoms with Gasteiger partial charge in [0.2, 0.25) is 0 Å². The van der Waals surface area contributed by atoms with E-state index in [0.29, 0.717) is 12.4 Å². The summed E-state index contributed by atoms with van der Waals surface area (Å²) in [7, 11) is 1.84. The molecular weight excluding hydrogens is 254 g/mol. The topological polar surface area (TPSA) is 79.5 Å². The van der Waals surface area contributed by atoms with Gasteiger partial charge in [0, 0.05) is 19.8 Å². The summed E-state index contributed by atoms with van der Waals surface area (Å²) < 4.78 is 0. The number of nitrogen functional groups attached to an aromatic ring is 1. The number of carbonyl (C=O) groups is 1. The summed E-state index contributed by atoms with van der Waals surface area (Å²) in [5.41, 5.74) is 8.45. The van der Waals surface area contributed by atoms with Gasteiger partial charge in [-0.2, -0.15) is 0 Å². The Morgan fingerprint density at radius 3 is 2.55 bits per heavy atom. The zero-order valence-corrected chi connectivity index (χ0v) is 11.5. The Balaban J connectivity index is 2.25. The molecule has 0 saturated carbocycles. The number of rotatable bonds is 4. The number of nitrogens with two attached hydrogens (primary N) is 1. The van der Waals surface area contributed by atoms with Crippen LogP contribution in [0, 0.1) is 6.92 Å². The van der Waals surface area contributed by atoms with E-state index in [1.54, 1.807) is 0 Å². The number of hydrogen-bond acceptors (Lipinski definition) is 4. The summed E-state index contributed by atoms with van der Waals surface area (Å²) in [6, 6.07) is 9.54. The lowest BCUT2D eigenvalue weighted by Gasteiger charge is -2.20. The van der Waals surface area contributed by atoms with Crippen LogP contribution in [-0.2, 0) is 6.54 Å². The van der Waals surface area contributed by atoms with Crippen LogP contribution in [-0.4, -0.2) is 23.1 Å². The number of aromatic carboxylic acids is 1. The van der Waals surface area contributed by atoms with E-state index in [4.69, 9.17) is 10.8 Å². The summed E-state index contributed by atoms with van der Waals surface area (Å²) in [4.78, 5) is 17.1. The van der Waals surface area contributed by atoms with Crippen molar-refractivity contribution >= 4 is 17.5 Å².